The number of rotatable bonds is 21. The number of methoxy groups -OCH3 is 3. The summed E-state index contributed by atoms with van der Waals surface area (Å²) in [4.78, 5) is 130. The zero-order valence-electron chi connectivity index (χ0n) is 76.8. The first-order valence-corrected chi connectivity index (χ1v) is 44.0. The van der Waals surface area contributed by atoms with Crippen LogP contribution in [0.5, 0.6) is 17.2 Å². The Morgan fingerprint density at radius 3 is 0.827 bits per heavy atom. The number of aromatic nitrogens is 18. The van der Waals surface area contributed by atoms with Crippen LogP contribution in [0.1, 0.15) is 89.0 Å². The van der Waals surface area contributed by atoms with Gasteiger partial charge in [-0.2, -0.15) is 28.5 Å². The van der Waals surface area contributed by atoms with Gasteiger partial charge in [0, 0.05) is 28.8 Å². The summed E-state index contributed by atoms with van der Waals surface area (Å²) in [5.74, 6) is -13.7. The van der Waals surface area contributed by atoms with Crippen LogP contribution in [0.2, 0.25) is 15.1 Å². The van der Waals surface area contributed by atoms with E-state index < -0.39 is 95.1 Å². The predicted molar refractivity (Wildman–Crippen MR) is 549 cm³/mol. The molecule has 772 valence electrons. The van der Waals surface area contributed by atoms with Crippen molar-refractivity contribution >= 4 is 148 Å². The SMILES string of the molecule is C.C.C.COc1ccc(-c2nn([C@@H](C)c3nc4cccc(Cl)c4c(=O)n3-c3ccccc3)c3ncnc(N)c23)c(F)c1F.COc1ccc(-c2nn([C@@H](C)c3nc4cccc(Cl)c4c(=O)n3-c3ccccc3)c3ncnc(N)c23)c(F)c1F.COc1ccc(-c2nn([C@@H](C)c3nc4cccc(Cl)c4c(=O)n3-c3ccccc3)c3ncnc(N)c23)c(F)c1F.O=C(O)/C=C/C(=O)O.O=C(O)[C@H](O)[C@@H](O)C(=O)O.O=C(O)c1ccccc1. The lowest BCUT2D eigenvalue weighted by Gasteiger charge is -2.19. The van der Waals surface area contributed by atoms with Gasteiger partial charge in [0.25, 0.3) is 16.7 Å². The minimum Gasteiger partial charge on any atom is -0.494 e. The topological polar surface area (TPSA) is 568 Å². The number of ether oxygens (including phenoxy) is 3. The third kappa shape index (κ3) is 22.6. The number of aliphatic hydroxyl groups excluding tert-OH is 2. The highest BCUT2D eigenvalue weighted by molar-refractivity contribution is 6.36. The van der Waals surface area contributed by atoms with Gasteiger partial charge in [-0.25, -0.2) is 96.0 Å². The molecule has 5 atom stereocenters. The van der Waals surface area contributed by atoms with Crippen LogP contribution in [0.4, 0.5) is 43.8 Å². The number of carboxylic acids is 5. The van der Waals surface area contributed by atoms with Gasteiger partial charge in [-0.1, -0.05) is 148 Å². The Morgan fingerprint density at radius 2 is 0.600 bits per heavy atom. The van der Waals surface area contributed by atoms with Crippen molar-refractivity contribution in [1.29, 1.82) is 0 Å². The molecule has 13 N–H and O–H groups in total. The molecule has 0 amide bonds. The minimum atomic E-state index is -2.27. The Kier molecular flexibility index (Phi) is 35.8. The number of nitrogens with zero attached hydrogens (tertiary/aromatic N) is 18. The lowest BCUT2D eigenvalue weighted by atomic mass is 10.1. The Hall–Kier alpha value is -18.5. The van der Waals surface area contributed by atoms with Crippen molar-refractivity contribution in [1.82, 2.24) is 87.9 Å². The van der Waals surface area contributed by atoms with Crippen molar-refractivity contribution in [3.05, 3.63) is 348 Å². The fourth-order valence-electron chi connectivity index (χ4n) is 15.2. The lowest BCUT2D eigenvalue weighted by molar-refractivity contribution is -0.165. The molecule has 9 heterocycles. The number of aliphatic hydroxyl groups is 2. The number of aromatic carboxylic acids is 1. The number of nitrogen functional groups attached to an aromatic ring is 3. The van der Waals surface area contributed by atoms with Gasteiger partial charge in [0.2, 0.25) is 17.5 Å². The second-order valence-corrected chi connectivity index (χ2v) is 32.3. The number of nitrogens with two attached hydrogens (primary N) is 3. The lowest BCUT2D eigenvalue weighted by Crippen LogP contribution is -2.39. The average Bonchev–Trinajstić information content (AvgIpc) is 1.54. The number of para-hydroxylation sites is 3. The number of carboxylic acid groups (broad SMARTS) is 5. The Labute approximate surface area is 858 Å². The number of benzene rings is 10. The summed E-state index contributed by atoms with van der Waals surface area (Å²) in [6.07, 6.45) is 0.319. The third-order valence-electron chi connectivity index (χ3n) is 22.2. The van der Waals surface area contributed by atoms with Crippen LogP contribution < -0.4 is 48.1 Å². The predicted octanol–water partition coefficient (Wildman–Crippen LogP) is 16.9. The molecule has 48 heteroatoms. The molecular weight excluding hydrogens is 2030 g/mol. The van der Waals surface area contributed by atoms with Crippen LogP contribution in [0.3, 0.4) is 0 Å². The van der Waals surface area contributed by atoms with Crippen molar-refractivity contribution < 1.29 is 100 Å². The molecule has 0 aliphatic rings. The standard InChI is InChI=1S/3C28H20ClF2N7O2.C7H6O2.C4H6O6.C4H4O4.3CH4/c3*1-14(26-35-18-10-6-9-17(29)20(18)28(39)37(26)15-7-4-3-5-8-15)38-27-21(25(32)33-13-34-27)24(36-38)16-11-12-19(40-2)23(31)22(16)30;8-7(9)6-4-2-1-3-5-6;5-1(3(7)8)2(6)4(9)10;5-3(6)1-2-4(7)8;;;/h3*3-14H,1-2H3,(H2,32,33,34);1-5H,(H,8,9);1-2,5-6H,(H,7,8)(H,9,10);1-2H,(H,5,6)(H,7,8);3*1H4/b;;;;;2-1+;;;/t3*14-;;1-,2-;;;;/m000.1..../s1. The molecule has 10 aromatic carbocycles. The van der Waals surface area contributed by atoms with Crippen LogP contribution in [0.25, 0.3) is 117 Å². The normalized spacial score (nSPS) is 11.9. The molecule has 150 heavy (non-hydrogen) atoms. The summed E-state index contributed by atoms with van der Waals surface area (Å²) in [6.45, 7) is 5.28. The van der Waals surface area contributed by atoms with E-state index in [0.717, 1.165) is 0 Å². The Balaban J connectivity index is 0.000000187. The second-order valence-electron chi connectivity index (χ2n) is 31.1. The van der Waals surface area contributed by atoms with Crippen LogP contribution in [-0.4, -0.2) is 187 Å². The van der Waals surface area contributed by atoms with Gasteiger partial charge < -0.3 is 67.2 Å². The largest absolute Gasteiger partial charge is 0.494 e. The summed E-state index contributed by atoms with van der Waals surface area (Å²) < 4.78 is 113. The smallest absolute Gasteiger partial charge is 0.335 e. The van der Waals surface area contributed by atoms with Gasteiger partial charge in [0.05, 0.1) is 108 Å². The Morgan fingerprint density at radius 1 is 0.347 bits per heavy atom. The second kappa shape index (κ2) is 48.0. The number of halogens is 9. The van der Waals surface area contributed by atoms with E-state index in [4.69, 9.17) is 117 Å². The minimum absolute atomic E-state index is 0. The fraction of sp³-hybridized carbons (Fsp3) is 0.137. The van der Waals surface area contributed by atoms with E-state index in [0.29, 0.717) is 68.8 Å². The molecule has 19 rings (SSSR count). The highest BCUT2D eigenvalue weighted by Gasteiger charge is 2.35. The zero-order valence-corrected chi connectivity index (χ0v) is 79.1. The van der Waals surface area contributed by atoms with E-state index in [1.165, 1.54) is 104 Å². The third-order valence-corrected chi connectivity index (χ3v) is 23.1. The first-order chi connectivity index (χ1) is 70.3. The molecular formula is C102H88Cl3F6N21O18. The molecule has 0 saturated carbocycles. The maximum Gasteiger partial charge on any atom is 0.335 e. The number of hydrogen-bond acceptors (Lipinski definition) is 28. The molecule has 0 aliphatic heterocycles. The fourth-order valence-corrected chi connectivity index (χ4v) is 16.0. The van der Waals surface area contributed by atoms with Crippen molar-refractivity contribution in [3.63, 3.8) is 0 Å². The summed E-state index contributed by atoms with van der Waals surface area (Å²) in [5.41, 5.74) is 20.9. The monoisotopic (exact) mass is 2110 g/mol. The molecule has 0 spiro atoms. The number of aliphatic carboxylic acids is 4. The number of hydrogen-bond donors (Lipinski definition) is 10. The first kappa shape index (κ1) is 112. The van der Waals surface area contributed by atoms with E-state index in [-0.39, 0.29) is 172 Å². The van der Waals surface area contributed by atoms with E-state index in [9.17, 15) is 51.5 Å². The van der Waals surface area contributed by atoms with E-state index >= 15 is 13.2 Å². The van der Waals surface area contributed by atoms with Gasteiger partial charge in [0.1, 0.15) is 89.1 Å². The van der Waals surface area contributed by atoms with E-state index in [2.05, 4.69) is 45.2 Å². The van der Waals surface area contributed by atoms with Gasteiger partial charge in [-0.05, 0) is 142 Å². The van der Waals surface area contributed by atoms with Crippen molar-refractivity contribution in [2.45, 2.75) is 73.4 Å². The number of anilines is 3. The van der Waals surface area contributed by atoms with Gasteiger partial charge in [-0.3, -0.25) is 28.1 Å². The highest BCUT2D eigenvalue weighted by atomic mass is 35.5. The maximum absolute atomic E-state index is 15.2. The van der Waals surface area contributed by atoms with E-state index in [1.807, 2.05) is 18.2 Å². The first-order valence-electron chi connectivity index (χ1n) is 42.9. The zero-order chi connectivity index (χ0) is 106. The van der Waals surface area contributed by atoms with Gasteiger partial charge in [-0.15, -0.1) is 0 Å². The maximum atomic E-state index is 15.2. The van der Waals surface area contributed by atoms with Crippen LogP contribution in [0, 0.1) is 34.9 Å². The molecule has 0 unspecified atom stereocenters. The summed E-state index contributed by atoms with van der Waals surface area (Å²) in [5, 5.41) is 72.6. The summed E-state index contributed by atoms with van der Waals surface area (Å²) in [6, 6.07) is 55.9. The summed E-state index contributed by atoms with van der Waals surface area (Å²) in [7, 11) is 3.72. The highest BCUT2D eigenvalue weighted by Crippen LogP contribution is 2.42. The molecule has 0 fully saturated rings. The van der Waals surface area contributed by atoms with Crippen molar-refractivity contribution in [2.75, 3.05) is 38.5 Å². The van der Waals surface area contributed by atoms with Crippen LogP contribution in [-0.2, 0) is 19.2 Å². The Bertz CT molecular complexity index is 7860. The molecule has 0 aliphatic carbocycles. The molecule has 19 aromatic rings. The van der Waals surface area contributed by atoms with Crippen molar-refractivity contribution in [2.24, 2.45) is 0 Å². The molecule has 39 nitrogen and oxygen atoms in total. The quantitative estimate of drug-likeness (QED) is 0.0236. The van der Waals surface area contributed by atoms with Crippen LogP contribution >= 0.6 is 34.8 Å². The number of carbonyl (C=O) groups is 5. The summed E-state index contributed by atoms with van der Waals surface area (Å²) >= 11 is 19.2. The molecule has 0 bridgehead atoms. The van der Waals surface area contributed by atoms with E-state index in [1.54, 1.807) is 178 Å². The molecule has 9 aromatic heterocycles. The van der Waals surface area contributed by atoms with Gasteiger partial charge in [0.15, 0.2) is 63.8 Å². The average molecular weight is 2120 g/mol. The molecule has 0 radical (unpaired) electrons. The molecule has 0 saturated heterocycles. The van der Waals surface area contributed by atoms with Gasteiger partial charge >= 0.3 is 29.8 Å². The van der Waals surface area contributed by atoms with Crippen molar-refractivity contribution in [3.8, 4) is 68.1 Å². The number of fused-ring (bicyclic) bond motifs is 6. The van der Waals surface area contributed by atoms with Crippen LogP contribution in [0.15, 0.2) is 258 Å².